The molecule has 0 N–H and O–H groups in total. The van der Waals surface area contributed by atoms with Gasteiger partial charge in [0.2, 0.25) is 0 Å². The highest BCUT2D eigenvalue weighted by Crippen LogP contribution is 2.41. The maximum absolute atomic E-state index is 13.1. The van der Waals surface area contributed by atoms with E-state index in [1.807, 2.05) is 0 Å². The molecule has 4 aliphatic rings. The number of pyridine rings is 2. The zero-order valence-electron chi connectivity index (χ0n) is 29.7. The van der Waals surface area contributed by atoms with Gasteiger partial charge >= 0.3 is 0 Å². The van der Waals surface area contributed by atoms with Gasteiger partial charge in [-0.1, -0.05) is 5.21 Å². The quantitative estimate of drug-likeness (QED) is 0.178. The van der Waals surface area contributed by atoms with Crippen molar-refractivity contribution in [2.45, 2.75) is 0 Å². The average molecular weight is 775 g/mol. The number of amides is 4. The van der Waals surface area contributed by atoms with Crippen LogP contribution in [0, 0.1) is 104 Å². The third kappa shape index (κ3) is 6.99. The molecule has 0 bridgehead atoms. The Balaban J connectivity index is 0.776. The van der Waals surface area contributed by atoms with Crippen LogP contribution in [0.2, 0.25) is 0 Å². The fourth-order valence-electron chi connectivity index (χ4n) is 6.07. The SMILES string of the molecule is [CH2]Oc1cc(-c2cn([CH2])c(=O)c3cnccc23)cc(O[CH2])c1[C]N1[C][C][C](n2cc([C]O[C]3[C]N(c4ccc5c(c4)C(=O)N([C]4[C][C]C(=O)[N]C4=O)C5=O)[C]3)nn2)[C][C]1. The molecule has 3 saturated heterocycles. The number of rotatable bonds is 11. The number of ether oxygens (including phenoxy) is 3. The molecule has 5 aromatic rings. The summed E-state index contributed by atoms with van der Waals surface area (Å²) >= 11 is 0. The molecular weight excluding hydrogens is 759 g/mol. The molecule has 277 valence electrons. The van der Waals surface area contributed by atoms with E-state index in [1.165, 1.54) is 43.6 Å². The summed E-state index contributed by atoms with van der Waals surface area (Å²) in [6.07, 6.45) is 16.4. The van der Waals surface area contributed by atoms with Gasteiger partial charge in [0.1, 0.15) is 57.1 Å². The molecule has 4 aliphatic heterocycles. The molecule has 59 heavy (non-hydrogen) atoms. The lowest BCUT2D eigenvalue weighted by Gasteiger charge is -2.36. The topological polar surface area (TPSA) is 185 Å². The zero-order valence-corrected chi connectivity index (χ0v) is 29.7. The number of benzene rings is 2. The van der Waals surface area contributed by atoms with Crippen molar-refractivity contribution in [1.29, 1.82) is 0 Å². The molecule has 0 atom stereocenters. The largest absolute Gasteiger partial charge is 0.490 e. The molecule has 17 heteroatoms. The number of carbonyl (C=O) groups is 4. The molecule has 27 radical (unpaired) electrons. The first-order valence-electron chi connectivity index (χ1n) is 16.7. The van der Waals surface area contributed by atoms with Crippen LogP contribution >= 0.6 is 0 Å². The Labute approximate surface area is 338 Å². The maximum Gasteiger partial charge on any atom is 0.279 e. The molecule has 7 heterocycles. The van der Waals surface area contributed by atoms with E-state index in [2.05, 4.69) is 107 Å². The minimum absolute atomic E-state index is 0.0113. The molecule has 2 aromatic carbocycles. The Morgan fingerprint density at radius 3 is 2.27 bits per heavy atom. The van der Waals surface area contributed by atoms with Gasteiger partial charge in [0.15, 0.2) is 18.8 Å². The molecule has 17 nitrogen and oxygen atoms in total. The van der Waals surface area contributed by atoms with Gasteiger partial charge in [-0.05, 0) is 47.3 Å². The van der Waals surface area contributed by atoms with Crippen molar-refractivity contribution in [3.8, 4) is 22.6 Å². The molecule has 0 unspecified atom stereocenters. The van der Waals surface area contributed by atoms with Crippen molar-refractivity contribution in [2.75, 3.05) is 4.90 Å². The monoisotopic (exact) mass is 774 g/mol. The van der Waals surface area contributed by atoms with Crippen molar-refractivity contribution < 1.29 is 33.4 Å². The van der Waals surface area contributed by atoms with Crippen LogP contribution in [-0.2, 0) is 14.3 Å². The van der Waals surface area contributed by atoms with Crippen LogP contribution in [-0.4, -0.2) is 58.0 Å². The lowest BCUT2D eigenvalue weighted by Crippen LogP contribution is -2.46. The molecule has 0 spiro atoms. The second-order valence-electron chi connectivity index (χ2n) is 12.3. The third-order valence-electron chi connectivity index (χ3n) is 8.82. The number of piperidine rings is 2. The summed E-state index contributed by atoms with van der Waals surface area (Å²) in [7, 11) is 11.0. The molecule has 0 aliphatic carbocycles. The van der Waals surface area contributed by atoms with E-state index < -0.39 is 29.7 Å². The maximum atomic E-state index is 13.1. The van der Waals surface area contributed by atoms with E-state index in [9.17, 15) is 24.0 Å². The van der Waals surface area contributed by atoms with Crippen LogP contribution in [0.15, 0.2) is 66.0 Å². The predicted molar refractivity (Wildman–Crippen MR) is 194 cm³/mol. The number of aromatic nitrogens is 5. The van der Waals surface area contributed by atoms with Gasteiger partial charge in [0.05, 0.1) is 47.8 Å². The molecule has 4 amide bonds. The second kappa shape index (κ2) is 15.4. The first-order chi connectivity index (χ1) is 28.6. The van der Waals surface area contributed by atoms with E-state index in [4.69, 9.17) is 14.2 Å². The first kappa shape index (κ1) is 38.1. The Morgan fingerprint density at radius 1 is 0.797 bits per heavy atom. The summed E-state index contributed by atoms with van der Waals surface area (Å²) < 4.78 is 18.9. The summed E-state index contributed by atoms with van der Waals surface area (Å²) in [5.41, 5.74) is 1.97. The van der Waals surface area contributed by atoms with E-state index in [0.717, 1.165) is 0 Å². The summed E-state index contributed by atoms with van der Waals surface area (Å²) in [5, 5.41) is 12.3. The van der Waals surface area contributed by atoms with Gasteiger partial charge in [-0.15, -0.1) is 5.10 Å². The highest BCUT2D eigenvalue weighted by Gasteiger charge is 2.47. The zero-order chi connectivity index (χ0) is 40.9. The van der Waals surface area contributed by atoms with Crippen LogP contribution in [0.4, 0.5) is 5.69 Å². The summed E-state index contributed by atoms with van der Waals surface area (Å²) in [6.45, 7) is 17.1. The highest BCUT2D eigenvalue weighted by molar-refractivity contribution is 6.26. The van der Waals surface area contributed by atoms with Crippen LogP contribution in [0.5, 0.6) is 11.5 Å². The average Bonchev–Trinajstić information content (AvgIpc) is 3.80. The minimum Gasteiger partial charge on any atom is -0.490 e. The number of likely N-dealkylation sites (tertiary alicyclic amines) is 1. The van der Waals surface area contributed by atoms with Gasteiger partial charge in [0.25, 0.3) is 29.2 Å². The molecular formula is C42H16N9O8. The molecule has 0 saturated carbocycles. The first-order valence-corrected chi connectivity index (χ1v) is 16.7. The van der Waals surface area contributed by atoms with Crippen LogP contribution in [0.25, 0.3) is 21.9 Å². The third-order valence-corrected chi connectivity index (χ3v) is 8.82. The number of hydrogen-bond donors (Lipinski definition) is 0. The number of hydrogen-bond acceptors (Lipinski definition) is 13. The van der Waals surface area contributed by atoms with Gasteiger partial charge in [-0.2, -0.15) is 5.32 Å². The Kier molecular flexibility index (Phi) is 9.92. The smallest absolute Gasteiger partial charge is 0.279 e. The van der Waals surface area contributed by atoms with Crippen molar-refractivity contribution in [3.05, 3.63) is 198 Å². The Bertz CT molecular complexity index is 2550. The van der Waals surface area contributed by atoms with Crippen molar-refractivity contribution >= 4 is 40.1 Å². The normalized spacial score (nSPS) is 18.1. The van der Waals surface area contributed by atoms with Gasteiger partial charge in [-0.25, -0.2) is 4.68 Å². The standard InChI is InChI=1S/C42H16N9O8/c1-47-21-33(29-8-11-43-17-32(29)40(47)54)24-14-36(57-2)34(37(15-24)58-3)22-48-12-9-26(10-13-48)50-18-25(45-46-50)23-59-28-19-49(20-28)27-4-5-30-31(16-27)42(56)51(41(30)55)35-6-7-38(52)44-39(35)53/h4-5,8,11,14-18,21H,1-3H2. The van der Waals surface area contributed by atoms with Gasteiger partial charge < -0.3 is 23.7 Å². The second-order valence-corrected chi connectivity index (χ2v) is 12.3. The number of carbonyl (C=O) groups excluding carboxylic acids is 4. The van der Waals surface area contributed by atoms with E-state index in [0.29, 0.717) is 38.1 Å². The van der Waals surface area contributed by atoms with E-state index in [1.54, 1.807) is 36.7 Å². The van der Waals surface area contributed by atoms with Crippen LogP contribution < -0.4 is 25.2 Å². The fourth-order valence-corrected chi connectivity index (χ4v) is 6.07. The summed E-state index contributed by atoms with van der Waals surface area (Å²) in [6, 6.07) is 9.29. The van der Waals surface area contributed by atoms with Crippen LogP contribution in [0.1, 0.15) is 32.0 Å². The number of imide groups is 2. The Hall–Kier alpha value is -6.46. The number of anilines is 1. The van der Waals surface area contributed by atoms with Crippen LogP contribution in [0.3, 0.4) is 0 Å². The van der Waals surface area contributed by atoms with Crippen molar-refractivity contribution in [2.24, 2.45) is 0 Å². The minimum atomic E-state index is -1.07. The predicted octanol–water partition coefficient (Wildman–Crippen LogP) is 2.15. The Morgan fingerprint density at radius 2 is 1.54 bits per heavy atom. The van der Waals surface area contributed by atoms with E-state index in [-0.39, 0.29) is 46.0 Å². The van der Waals surface area contributed by atoms with E-state index >= 15 is 0 Å². The molecule has 3 fully saturated rings. The van der Waals surface area contributed by atoms with Gasteiger partial charge in [0, 0.05) is 56.2 Å². The fraction of sp³-hybridized carbons (Fsp3) is 0. The highest BCUT2D eigenvalue weighted by atomic mass is 16.5. The van der Waals surface area contributed by atoms with Gasteiger partial charge in [-0.3, -0.25) is 38.8 Å². The molecule has 3 aromatic heterocycles. The van der Waals surface area contributed by atoms with Crippen molar-refractivity contribution in [3.63, 3.8) is 0 Å². The molecule has 9 rings (SSSR count). The lowest BCUT2D eigenvalue weighted by molar-refractivity contribution is -0.130. The van der Waals surface area contributed by atoms with Crippen molar-refractivity contribution in [1.82, 2.24) is 39.7 Å². The lowest BCUT2D eigenvalue weighted by atomic mass is 9.98. The summed E-state index contributed by atoms with van der Waals surface area (Å²) in [5.74, 6) is -3.06. The number of fused-ring (bicyclic) bond motifs is 2. The number of nitrogens with zero attached hydrogens (tertiary/aromatic N) is 9. The summed E-state index contributed by atoms with van der Waals surface area (Å²) in [4.78, 5) is 69.4.